The van der Waals surface area contributed by atoms with Crippen LogP contribution in [-0.2, 0) is 16.4 Å². The average molecular weight is 338 g/mol. The van der Waals surface area contributed by atoms with E-state index in [1.807, 2.05) is 24.3 Å². The fraction of sp³-hybridized carbons (Fsp3) is 0.250. The zero-order valence-corrected chi connectivity index (χ0v) is 13.0. The predicted octanol–water partition coefficient (Wildman–Crippen LogP) is 2.13. The molecule has 1 aliphatic rings. The van der Waals surface area contributed by atoms with E-state index in [0.29, 0.717) is 6.07 Å². The van der Waals surface area contributed by atoms with Crippen LogP contribution in [-0.4, -0.2) is 21.5 Å². The third-order valence-electron chi connectivity index (χ3n) is 3.84. The molecule has 1 aliphatic heterocycles. The lowest BCUT2D eigenvalue weighted by Crippen LogP contribution is -2.38. The molecular weight excluding hydrogens is 322 g/mol. The molecule has 0 aliphatic carbocycles. The molecule has 122 valence electrons. The third kappa shape index (κ3) is 3.57. The molecule has 2 N–H and O–H groups in total. The van der Waals surface area contributed by atoms with Gasteiger partial charge in [-0.2, -0.15) is 0 Å². The van der Waals surface area contributed by atoms with Gasteiger partial charge in [-0.3, -0.25) is 0 Å². The molecule has 1 atom stereocenters. The largest absolute Gasteiger partial charge is 0.308 e. The highest BCUT2D eigenvalue weighted by Crippen LogP contribution is 2.22. The average Bonchev–Trinajstić information content (AvgIpc) is 2.52. The van der Waals surface area contributed by atoms with Gasteiger partial charge in [-0.05, 0) is 36.2 Å². The van der Waals surface area contributed by atoms with Crippen molar-refractivity contribution >= 4 is 10.0 Å². The van der Waals surface area contributed by atoms with Crippen LogP contribution in [0.1, 0.15) is 17.2 Å². The normalized spacial score (nSPS) is 17.7. The maximum Gasteiger partial charge on any atom is 0.240 e. The number of halogens is 2. The van der Waals surface area contributed by atoms with Gasteiger partial charge in [-0.25, -0.2) is 21.9 Å². The smallest absolute Gasteiger partial charge is 0.240 e. The lowest BCUT2D eigenvalue weighted by Gasteiger charge is -2.27. The van der Waals surface area contributed by atoms with E-state index in [-0.39, 0.29) is 12.6 Å². The Hall–Kier alpha value is -1.83. The number of nitrogens with one attached hydrogen (secondary N) is 2. The van der Waals surface area contributed by atoms with E-state index in [0.717, 1.165) is 30.7 Å². The number of rotatable bonds is 4. The van der Waals surface area contributed by atoms with Gasteiger partial charge in [0.05, 0.1) is 4.90 Å². The Labute approximate surface area is 133 Å². The van der Waals surface area contributed by atoms with Crippen molar-refractivity contribution in [2.24, 2.45) is 0 Å². The Morgan fingerprint density at radius 2 is 1.83 bits per heavy atom. The second-order valence-corrected chi connectivity index (χ2v) is 7.18. The van der Waals surface area contributed by atoms with Crippen molar-refractivity contribution in [3.05, 3.63) is 65.2 Å². The maximum atomic E-state index is 13.2. The zero-order chi connectivity index (χ0) is 16.4. The first kappa shape index (κ1) is 16.0. The van der Waals surface area contributed by atoms with E-state index < -0.39 is 26.6 Å². The van der Waals surface area contributed by atoms with Gasteiger partial charge in [0.1, 0.15) is 11.6 Å². The summed E-state index contributed by atoms with van der Waals surface area (Å²) in [6, 6.07) is 9.87. The molecule has 0 saturated heterocycles. The monoisotopic (exact) mass is 338 g/mol. The summed E-state index contributed by atoms with van der Waals surface area (Å²) >= 11 is 0. The molecule has 0 spiro atoms. The molecule has 0 amide bonds. The molecule has 0 bridgehead atoms. The summed E-state index contributed by atoms with van der Waals surface area (Å²) in [5, 5.41) is 3.25. The fourth-order valence-corrected chi connectivity index (χ4v) is 3.82. The van der Waals surface area contributed by atoms with Gasteiger partial charge < -0.3 is 5.32 Å². The summed E-state index contributed by atoms with van der Waals surface area (Å²) in [5.41, 5.74) is 2.21. The molecule has 23 heavy (non-hydrogen) atoms. The molecule has 0 fully saturated rings. The summed E-state index contributed by atoms with van der Waals surface area (Å²) < 4.78 is 53.3. The van der Waals surface area contributed by atoms with Crippen LogP contribution in [0.25, 0.3) is 0 Å². The van der Waals surface area contributed by atoms with E-state index in [1.165, 1.54) is 5.56 Å². The van der Waals surface area contributed by atoms with Crippen LogP contribution in [0.2, 0.25) is 0 Å². The molecule has 0 aromatic heterocycles. The highest BCUT2D eigenvalue weighted by atomic mass is 32.2. The Balaban J connectivity index is 1.78. The molecule has 1 unspecified atom stereocenters. The minimum atomic E-state index is -3.98. The van der Waals surface area contributed by atoms with E-state index in [4.69, 9.17) is 0 Å². The van der Waals surface area contributed by atoms with Crippen LogP contribution in [0.15, 0.2) is 47.4 Å². The van der Waals surface area contributed by atoms with E-state index in [9.17, 15) is 17.2 Å². The summed E-state index contributed by atoms with van der Waals surface area (Å²) in [6.45, 7) is 0.857. The first-order valence-electron chi connectivity index (χ1n) is 7.23. The fourth-order valence-electron chi connectivity index (χ4n) is 2.74. The Bertz CT molecular complexity index is 804. The van der Waals surface area contributed by atoms with Gasteiger partial charge in [0.25, 0.3) is 0 Å². The molecule has 2 aromatic rings. The van der Waals surface area contributed by atoms with Crippen molar-refractivity contribution in [2.75, 3.05) is 13.1 Å². The van der Waals surface area contributed by atoms with Gasteiger partial charge >= 0.3 is 0 Å². The van der Waals surface area contributed by atoms with Crippen molar-refractivity contribution < 1.29 is 17.2 Å². The molecule has 0 saturated carbocycles. The first-order valence-corrected chi connectivity index (χ1v) is 8.71. The lowest BCUT2D eigenvalue weighted by molar-refractivity contribution is 0.491. The van der Waals surface area contributed by atoms with Crippen molar-refractivity contribution in [3.63, 3.8) is 0 Å². The summed E-state index contributed by atoms with van der Waals surface area (Å²) in [4.78, 5) is -0.418. The van der Waals surface area contributed by atoms with Crippen LogP contribution in [0.5, 0.6) is 0 Å². The number of sulfonamides is 1. The first-order chi connectivity index (χ1) is 11.0. The van der Waals surface area contributed by atoms with Gasteiger partial charge in [0, 0.05) is 18.7 Å². The number of benzene rings is 2. The number of fused-ring (bicyclic) bond motifs is 1. The summed E-state index contributed by atoms with van der Waals surface area (Å²) in [5.74, 6) is -1.85. The highest BCUT2D eigenvalue weighted by molar-refractivity contribution is 7.89. The van der Waals surface area contributed by atoms with Crippen LogP contribution >= 0.6 is 0 Å². The minimum absolute atomic E-state index is 0.109. The van der Waals surface area contributed by atoms with Gasteiger partial charge in [-0.1, -0.05) is 24.3 Å². The molecular formula is C16H16F2N2O2S. The molecule has 2 aromatic carbocycles. The molecule has 4 nitrogen and oxygen atoms in total. The highest BCUT2D eigenvalue weighted by Gasteiger charge is 2.22. The van der Waals surface area contributed by atoms with Crippen molar-refractivity contribution in [2.45, 2.75) is 17.4 Å². The zero-order valence-electron chi connectivity index (χ0n) is 12.2. The van der Waals surface area contributed by atoms with E-state index >= 15 is 0 Å². The molecule has 7 heteroatoms. The second-order valence-electron chi connectivity index (χ2n) is 5.41. The van der Waals surface area contributed by atoms with Gasteiger partial charge in [0.2, 0.25) is 10.0 Å². The Morgan fingerprint density at radius 1 is 1.13 bits per heavy atom. The van der Waals surface area contributed by atoms with E-state index in [1.54, 1.807) is 0 Å². The Morgan fingerprint density at radius 3 is 2.57 bits per heavy atom. The van der Waals surface area contributed by atoms with Crippen LogP contribution in [0, 0.1) is 11.6 Å². The van der Waals surface area contributed by atoms with Gasteiger partial charge in [-0.15, -0.1) is 0 Å². The SMILES string of the molecule is O=S(=O)(NCC1NCCc2ccccc21)c1cc(F)cc(F)c1. The van der Waals surface area contributed by atoms with Crippen molar-refractivity contribution in [1.29, 1.82) is 0 Å². The number of hydrogen-bond acceptors (Lipinski definition) is 3. The maximum absolute atomic E-state index is 13.2. The molecule has 0 radical (unpaired) electrons. The summed E-state index contributed by atoms with van der Waals surface area (Å²) in [6.07, 6.45) is 0.883. The van der Waals surface area contributed by atoms with Crippen LogP contribution in [0.3, 0.4) is 0 Å². The second kappa shape index (κ2) is 6.35. The van der Waals surface area contributed by atoms with E-state index in [2.05, 4.69) is 10.0 Å². The molecule has 1 heterocycles. The van der Waals surface area contributed by atoms with Crippen molar-refractivity contribution in [3.8, 4) is 0 Å². The topological polar surface area (TPSA) is 58.2 Å². The predicted molar refractivity (Wildman–Crippen MR) is 82.4 cm³/mol. The molecule has 3 rings (SSSR count). The standard InChI is InChI=1S/C16H16F2N2O2S/c17-12-7-13(18)9-14(8-12)23(21,22)20-10-16-15-4-2-1-3-11(15)5-6-19-16/h1-4,7-9,16,19-20H,5-6,10H2. The number of hydrogen-bond donors (Lipinski definition) is 2. The minimum Gasteiger partial charge on any atom is -0.308 e. The summed E-state index contributed by atoms with van der Waals surface area (Å²) in [7, 11) is -3.98. The van der Waals surface area contributed by atoms with Gasteiger partial charge in [0.15, 0.2) is 0 Å². The van der Waals surface area contributed by atoms with Crippen LogP contribution < -0.4 is 10.0 Å². The lowest BCUT2D eigenvalue weighted by atomic mass is 9.95. The quantitative estimate of drug-likeness (QED) is 0.898. The van der Waals surface area contributed by atoms with Crippen LogP contribution in [0.4, 0.5) is 8.78 Å². The van der Waals surface area contributed by atoms with Crippen molar-refractivity contribution in [1.82, 2.24) is 10.0 Å². The Kier molecular flexibility index (Phi) is 4.43. The third-order valence-corrected chi connectivity index (χ3v) is 5.24.